The summed E-state index contributed by atoms with van der Waals surface area (Å²) in [4.78, 5) is 40.8. The minimum atomic E-state index is -0.509. The summed E-state index contributed by atoms with van der Waals surface area (Å²) in [6.45, 7) is 7.06. The van der Waals surface area contributed by atoms with Gasteiger partial charge < -0.3 is 24.6 Å². The normalized spacial score (nSPS) is 14.7. The molecule has 0 aromatic heterocycles. The molecule has 1 saturated heterocycles. The second-order valence-electron chi connectivity index (χ2n) is 8.61. The minimum absolute atomic E-state index is 0.215. The molecule has 0 spiro atoms. The van der Waals surface area contributed by atoms with Crippen molar-refractivity contribution in [1.29, 1.82) is 0 Å². The first-order valence-corrected chi connectivity index (χ1v) is 10.9. The van der Waals surface area contributed by atoms with Crippen LogP contribution in [0.5, 0.6) is 0 Å². The molecule has 0 bridgehead atoms. The molecule has 8 nitrogen and oxygen atoms in total. The van der Waals surface area contributed by atoms with E-state index in [1.807, 2.05) is 40.0 Å². The van der Waals surface area contributed by atoms with E-state index in [9.17, 15) is 14.4 Å². The molecule has 0 radical (unpaired) electrons. The number of anilines is 2. The van der Waals surface area contributed by atoms with E-state index in [1.165, 1.54) is 4.90 Å². The SMILES string of the molecule is CNC(=O)N(CCC=O)c1cc(N(C)C2CCN(C(=O)OC(C)(C)C)CC2)ccc1Cl. The van der Waals surface area contributed by atoms with Gasteiger partial charge in [0.2, 0.25) is 0 Å². The number of nitrogens with one attached hydrogen (secondary N) is 1. The van der Waals surface area contributed by atoms with E-state index in [-0.39, 0.29) is 31.1 Å². The maximum Gasteiger partial charge on any atom is 0.410 e. The number of piperidine rings is 1. The number of carbonyl (C=O) groups is 3. The number of hydrogen-bond acceptors (Lipinski definition) is 5. The molecule has 0 saturated carbocycles. The number of amides is 3. The van der Waals surface area contributed by atoms with E-state index in [4.69, 9.17) is 16.3 Å². The smallest absolute Gasteiger partial charge is 0.410 e. The average Bonchev–Trinajstić information content (AvgIpc) is 2.73. The van der Waals surface area contributed by atoms with Gasteiger partial charge in [0.15, 0.2) is 0 Å². The standard InChI is InChI=1S/C22H33ClN4O4/c1-22(2,3)31-21(30)26-12-9-16(10-13-26)25(5)17-7-8-18(23)19(15-17)27(11-6-14-28)20(29)24-4/h7-8,14-16H,6,9-13H2,1-5H3,(H,24,29). The number of urea groups is 1. The number of halogens is 1. The van der Waals surface area contributed by atoms with Gasteiger partial charge in [0.1, 0.15) is 11.9 Å². The summed E-state index contributed by atoms with van der Waals surface area (Å²) in [5.74, 6) is 0. The van der Waals surface area contributed by atoms with E-state index in [2.05, 4.69) is 10.2 Å². The molecule has 9 heteroatoms. The minimum Gasteiger partial charge on any atom is -0.444 e. The van der Waals surface area contributed by atoms with Gasteiger partial charge in [0.25, 0.3) is 0 Å². The maximum absolute atomic E-state index is 12.3. The molecule has 0 atom stereocenters. The molecular formula is C22H33ClN4O4. The molecule has 172 valence electrons. The quantitative estimate of drug-likeness (QED) is 0.661. The van der Waals surface area contributed by atoms with Crippen LogP contribution >= 0.6 is 11.6 Å². The molecule has 31 heavy (non-hydrogen) atoms. The van der Waals surface area contributed by atoms with E-state index < -0.39 is 5.60 Å². The van der Waals surface area contributed by atoms with Crippen LogP contribution in [0, 0.1) is 0 Å². The van der Waals surface area contributed by atoms with Gasteiger partial charge in [-0.2, -0.15) is 0 Å². The van der Waals surface area contributed by atoms with E-state index in [0.717, 1.165) is 24.8 Å². The van der Waals surface area contributed by atoms with Gasteiger partial charge in [-0.25, -0.2) is 9.59 Å². The highest BCUT2D eigenvalue weighted by atomic mass is 35.5. The Balaban J connectivity index is 2.11. The van der Waals surface area contributed by atoms with Crippen LogP contribution in [0.3, 0.4) is 0 Å². The third kappa shape index (κ3) is 6.75. The van der Waals surface area contributed by atoms with Crippen LogP contribution in [0.1, 0.15) is 40.0 Å². The number of rotatable bonds is 6. The number of ether oxygens (including phenoxy) is 1. The Morgan fingerprint density at radius 3 is 2.48 bits per heavy atom. The molecule has 1 aliphatic heterocycles. The molecule has 1 aliphatic rings. The lowest BCUT2D eigenvalue weighted by Gasteiger charge is -2.38. The molecule has 1 fully saturated rings. The van der Waals surface area contributed by atoms with Gasteiger partial charge in [-0.05, 0) is 51.8 Å². The van der Waals surface area contributed by atoms with Crippen molar-refractivity contribution >= 4 is 41.4 Å². The highest BCUT2D eigenvalue weighted by Crippen LogP contribution is 2.32. The topological polar surface area (TPSA) is 82.2 Å². The molecule has 1 aromatic carbocycles. The summed E-state index contributed by atoms with van der Waals surface area (Å²) in [6.07, 6.45) is 2.32. The van der Waals surface area contributed by atoms with Crippen molar-refractivity contribution in [2.45, 2.75) is 51.7 Å². The number of hydrogen-bond donors (Lipinski definition) is 1. The fourth-order valence-corrected chi connectivity index (χ4v) is 3.77. The van der Waals surface area contributed by atoms with Gasteiger partial charge in [-0.3, -0.25) is 4.90 Å². The lowest BCUT2D eigenvalue weighted by atomic mass is 10.0. The number of nitrogens with zero attached hydrogens (tertiary/aromatic N) is 3. The third-order valence-corrected chi connectivity index (χ3v) is 5.54. The van der Waals surface area contributed by atoms with Crippen LogP contribution < -0.4 is 15.1 Å². The van der Waals surface area contributed by atoms with E-state index in [0.29, 0.717) is 23.8 Å². The summed E-state index contributed by atoms with van der Waals surface area (Å²) < 4.78 is 5.47. The van der Waals surface area contributed by atoms with E-state index in [1.54, 1.807) is 18.0 Å². The molecule has 1 N–H and O–H groups in total. The van der Waals surface area contributed by atoms with Crippen molar-refractivity contribution in [3.8, 4) is 0 Å². The number of benzene rings is 1. The number of likely N-dealkylation sites (tertiary alicyclic amines) is 1. The fraction of sp³-hybridized carbons (Fsp3) is 0.591. The van der Waals surface area contributed by atoms with Crippen LogP contribution in [0.4, 0.5) is 21.0 Å². The Hall–Kier alpha value is -2.48. The molecule has 1 heterocycles. The van der Waals surface area contributed by atoms with Crippen molar-refractivity contribution in [3.63, 3.8) is 0 Å². The average molecular weight is 453 g/mol. The summed E-state index contributed by atoms with van der Waals surface area (Å²) >= 11 is 6.38. The molecule has 3 amide bonds. The van der Waals surface area contributed by atoms with Crippen LogP contribution in [-0.2, 0) is 9.53 Å². The van der Waals surface area contributed by atoms with Crippen LogP contribution in [0.25, 0.3) is 0 Å². The van der Waals surface area contributed by atoms with Crippen molar-refractivity contribution in [2.24, 2.45) is 0 Å². The second kappa shape index (κ2) is 10.7. The van der Waals surface area contributed by atoms with Crippen LogP contribution in [0.2, 0.25) is 5.02 Å². The summed E-state index contributed by atoms with van der Waals surface area (Å²) in [6, 6.07) is 5.44. The third-order valence-electron chi connectivity index (χ3n) is 5.22. The highest BCUT2D eigenvalue weighted by Gasteiger charge is 2.29. The highest BCUT2D eigenvalue weighted by molar-refractivity contribution is 6.34. The van der Waals surface area contributed by atoms with Gasteiger partial charge in [-0.15, -0.1) is 0 Å². The zero-order valence-corrected chi connectivity index (χ0v) is 19.7. The second-order valence-corrected chi connectivity index (χ2v) is 9.01. The largest absolute Gasteiger partial charge is 0.444 e. The molecule has 0 unspecified atom stereocenters. The first kappa shape index (κ1) is 24.8. The van der Waals surface area contributed by atoms with Gasteiger partial charge in [0.05, 0.1) is 10.7 Å². The summed E-state index contributed by atoms with van der Waals surface area (Å²) in [5.41, 5.74) is 0.957. The van der Waals surface area contributed by atoms with Crippen molar-refractivity contribution in [1.82, 2.24) is 10.2 Å². The Bertz CT molecular complexity index is 788. The van der Waals surface area contributed by atoms with E-state index >= 15 is 0 Å². The number of carbonyl (C=O) groups excluding carboxylic acids is 3. The Morgan fingerprint density at radius 2 is 1.94 bits per heavy atom. The zero-order chi connectivity index (χ0) is 23.2. The van der Waals surface area contributed by atoms with Crippen molar-refractivity contribution < 1.29 is 19.1 Å². The van der Waals surface area contributed by atoms with Gasteiger partial charge in [-0.1, -0.05) is 11.6 Å². The molecular weight excluding hydrogens is 420 g/mol. The maximum atomic E-state index is 12.3. The predicted octanol–water partition coefficient (Wildman–Crippen LogP) is 3.91. The lowest BCUT2D eigenvalue weighted by molar-refractivity contribution is -0.107. The fourth-order valence-electron chi connectivity index (χ4n) is 3.55. The van der Waals surface area contributed by atoms with Crippen molar-refractivity contribution in [3.05, 3.63) is 23.2 Å². The van der Waals surface area contributed by atoms with Crippen LogP contribution in [-0.4, -0.2) is 68.7 Å². The predicted molar refractivity (Wildman–Crippen MR) is 123 cm³/mol. The van der Waals surface area contributed by atoms with Gasteiger partial charge >= 0.3 is 12.1 Å². The zero-order valence-electron chi connectivity index (χ0n) is 19.0. The molecule has 0 aliphatic carbocycles. The van der Waals surface area contributed by atoms with Gasteiger partial charge in [0, 0.05) is 51.9 Å². The van der Waals surface area contributed by atoms with Crippen LogP contribution in [0.15, 0.2) is 18.2 Å². The Labute approximate surface area is 189 Å². The van der Waals surface area contributed by atoms with Crippen molar-refractivity contribution in [2.75, 3.05) is 43.5 Å². The molecule has 2 rings (SSSR count). The first-order valence-electron chi connectivity index (χ1n) is 10.5. The lowest BCUT2D eigenvalue weighted by Crippen LogP contribution is -2.47. The number of aldehydes is 1. The Kier molecular flexibility index (Phi) is 8.56. The summed E-state index contributed by atoms with van der Waals surface area (Å²) in [5, 5.41) is 3.03. The molecule has 1 aromatic rings. The monoisotopic (exact) mass is 452 g/mol. The summed E-state index contributed by atoms with van der Waals surface area (Å²) in [7, 11) is 3.54. The Morgan fingerprint density at radius 1 is 1.29 bits per heavy atom. The first-order chi connectivity index (χ1) is 14.6.